The number of aromatic nitrogens is 8. The quantitative estimate of drug-likeness (QED) is 0.0665. The average Bonchev–Trinajstić information content (AvgIpc) is 1.48. The van der Waals surface area contributed by atoms with E-state index in [2.05, 4.69) is 182 Å². The lowest BCUT2D eigenvalue weighted by Gasteiger charge is -2.59. The number of amides is 4. The molecule has 106 heavy (non-hydrogen) atoms. The van der Waals surface area contributed by atoms with Gasteiger partial charge in [-0.1, -0.05) is 102 Å². The van der Waals surface area contributed by atoms with E-state index in [1.54, 1.807) is 28.4 Å². The molecular formula is C86H102N12O6S2. The van der Waals surface area contributed by atoms with Gasteiger partial charge < -0.3 is 39.2 Å². The molecule has 6 aromatic carbocycles. The highest BCUT2D eigenvalue weighted by Crippen LogP contribution is 2.68. The van der Waals surface area contributed by atoms with Crippen LogP contribution in [0.2, 0.25) is 0 Å². The summed E-state index contributed by atoms with van der Waals surface area (Å²) >= 11 is 3.43. The smallest absolute Gasteiger partial charge is 0.411 e. The van der Waals surface area contributed by atoms with Gasteiger partial charge in [0, 0.05) is 54.7 Å². The van der Waals surface area contributed by atoms with E-state index >= 15 is 4.79 Å². The predicted molar refractivity (Wildman–Crippen MR) is 425 cm³/mol. The van der Waals surface area contributed by atoms with Gasteiger partial charge in [0.25, 0.3) is 0 Å². The van der Waals surface area contributed by atoms with Crippen LogP contribution in [0.1, 0.15) is 183 Å². The van der Waals surface area contributed by atoms with Crippen LogP contribution in [-0.2, 0) is 29.2 Å². The summed E-state index contributed by atoms with van der Waals surface area (Å²) in [5, 5.41) is 4.36. The number of hydrogen-bond acceptors (Lipinski definition) is 12. The van der Waals surface area contributed by atoms with Crippen LogP contribution in [0.5, 0.6) is 0 Å². The maximum absolute atomic E-state index is 15.5. The number of aromatic amines is 4. The molecule has 9 heterocycles. The second-order valence-corrected chi connectivity index (χ2v) is 37.2. The highest BCUT2D eigenvalue weighted by Gasteiger charge is 2.67. The minimum Gasteiger partial charge on any atom is -0.444 e. The summed E-state index contributed by atoms with van der Waals surface area (Å²) < 4.78 is 10.9. The van der Waals surface area contributed by atoms with Crippen molar-refractivity contribution in [3.05, 3.63) is 145 Å². The number of nitrogens with one attached hydrogen (secondary N) is 4. The second-order valence-electron chi connectivity index (χ2n) is 34.5. The Hall–Kier alpha value is -8.62. The molecule has 4 N–H and O–H groups in total. The number of carbonyl (C=O) groups excluding carboxylic acids is 4. The maximum atomic E-state index is 15.5. The van der Waals surface area contributed by atoms with Crippen molar-refractivity contribution in [3.8, 4) is 44.8 Å². The van der Waals surface area contributed by atoms with Gasteiger partial charge in [-0.05, 0) is 234 Å². The van der Waals surface area contributed by atoms with Crippen molar-refractivity contribution in [2.75, 3.05) is 32.4 Å². The molecule has 4 amide bonds. The Bertz CT molecular complexity index is 5080. The zero-order chi connectivity index (χ0) is 74.3. The third-order valence-electron chi connectivity index (χ3n) is 24.5. The molecule has 5 aliphatic heterocycles. The van der Waals surface area contributed by atoms with Crippen LogP contribution < -0.4 is 0 Å². The summed E-state index contributed by atoms with van der Waals surface area (Å²) in [7, 11) is 0. The summed E-state index contributed by atoms with van der Waals surface area (Å²) in [5.74, 6) is 4.49. The Labute approximate surface area is 630 Å². The number of imidazole rings is 4. The molecule has 0 radical (unpaired) electrons. The molecule has 18 nitrogen and oxygen atoms in total. The summed E-state index contributed by atoms with van der Waals surface area (Å²) in [6.45, 7) is 29.5. The largest absolute Gasteiger partial charge is 0.444 e. The summed E-state index contributed by atoms with van der Waals surface area (Å²) in [6.07, 6.45) is 13.2. The first-order valence-electron chi connectivity index (χ1n) is 38.6. The fourth-order valence-electron chi connectivity index (χ4n) is 18.6. The van der Waals surface area contributed by atoms with E-state index in [0.29, 0.717) is 13.1 Å². The minimum atomic E-state index is -0.670. The number of nitrogens with zero attached hydrogens (tertiary/aromatic N) is 8. The molecule has 0 spiro atoms. The van der Waals surface area contributed by atoms with Gasteiger partial charge in [-0.2, -0.15) is 0 Å². The summed E-state index contributed by atoms with van der Waals surface area (Å²) in [5.41, 5.74) is 10.6. The number of likely N-dealkylation sites (tertiary alicyclic amines) is 4. The Morgan fingerprint density at radius 1 is 0.575 bits per heavy atom. The first-order valence-corrected chi connectivity index (χ1v) is 40.7. The minimum absolute atomic E-state index is 0.0487. The Balaban J connectivity index is 0.581. The van der Waals surface area contributed by atoms with E-state index in [0.717, 1.165) is 183 Å². The van der Waals surface area contributed by atoms with Gasteiger partial charge in [-0.25, -0.2) is 29.5 Å². The number of rotatable bonds is 16. The van der Waals surface area contributed by atoms with Gasteiger partial charge >= 0.3 is 12.2 Å². The predicted octanol–water partition coefficient (Wildman–Crippen LogP) is 19.2. The van der Waals surface area contributed by atoms with E-state index < -0.39 is 20.7 Å². The lowest BCUT2D eigenvalue weighted by Crippen LogP contribution is -2.65. The fourth-order valence-corrected chi connectivity index (χ4v) is 20.8. The Morgan fingerprint density at radius 3 is 1.58 bits per heavy atom. The third-order valence-corrected chi connectivity index (χ3v) is 27.6. The number of benzene rings is 6. The molecule has 4 aromatic heterocycles. The number of hydrogen-bond donors (Lipinski definition) is 4. The van der Waals surface area contributed by atoms with Gasteiger partial charge in [-0.3, -0.25) is 19.4 Å². The van der Waals surface area contributed by atoms with E-state index in [1.165, 1.54) is 0 Å². The standard InChI is InChI=1S/C86H102N12O6S2/c1-48(2)72(75(99)95-33-15-18-62-71(95)44-84(62,12)76-91-63-31-29-58(41-65(63)93-76)54-21-23-56-39-60(27-25-52(56)37-54)67-45-87-73(89-67)69-19-16-34-96(69)78(100)85(13,105-14)49(3)4)50(5)36-51-43-86(79(106-86)98(47-51)81(102)104-83(9,10)11)77-92-64-32-30-59(42-66(64)94-77)55-22-24-57-40-61(28-26-53(57)38-55)68-46-88-74(90-68)70-20-17-35-97(70)80(101)103-82(6,7)8/h21-32,37-42,45-46,48-51,62,69-72,79H,15-20,33-36,43-44,47H2,1-14H3,(H,87,89)(H,88,90)(H,91,93)(H,92,94). The monoisotopic (exact) mass is 1460 g/mol. The summed E-state index contributed by atoms with van der Waals surface area (Å²) in [4.78, 5) is 100.0. The second kappa shape index (κ2) is 26.9. The van der Waals surface area contributed by atoms with Crippen molar-refractivity contribution in [3.63, 3.8) is 0 Å². The first kappa shape index (κ1) is 71.6. The molecule has 1 aliphatic carbocycles. The van der Waals surface area contributed by atoms with Gasteiger partial charge in [0.2, 0.25) is 11.8 Å². The number of H-pyrrole nitrogens is 4. The van der Waals surface area contributed by atoms with Crippen molar-refractivity contribution in [2.24, 2.45) is 35.5 Å². The van der Waals surface area contributed by atoms with Gasteiger partial charge in [0.1, 0.15) is 44.6 Å². The average molecular weight is 1460 g/mol. The molecule has 11 atom stereocenters. The molecule has 554 valence electrons. The molecule has 1 saturated carbocycles. The molecule has 6 fully saturated rings. The zero-order valence-electron chi connectivity index (χ0n) is 63.9. The Kier molecular flexibility index (Phi) is 18.2. The van der Waals surface area contributed by atoms with Gasteiger partial charge in [0.05, 0.1) is 62.7 Å². The zero-order valence-corrected chi connectivity index (χ0v) is 65.5. The van der Waals surface area contributed by atoms with Crippen molar-refractivity contribution >= 4 is 91.1 Å². The number of fused-ring (bicyclic) bond motifs is 6. The van der Waals surface area contributed by atoms with Gasteiger partial charge in [0.15, 0.2) is 0 Å². The molecule has 6 aliphatic rings. The fraction of sp³-hybridized carbons (Fsp3) is 0.488. The van der Waals surface area contributed by atoms with Crippen LogP contribution in [0.4, 0.5) is 9.59 Å². The van der Waals surface area contributed by atoms with Crippen LogP contribution >= 0.6 is 23.5 Å². The molecular weight excluding hydrogens is 1360 g/mol. The van der Waals surface area contributed by atoms with E-state index in [-0.39, 0.29) is 88.4 Å². The number of carbonyl (C=O) groups is 4. The maximum Gasteiger partial charge on any atom is 0.411 e. The van der Waals surface area contributed by atoms with Crippen LogP contribution in [-0.4, -0.2) is 143 Å². The molecule has 20 heteroatoms. The lowest BCUT2D eigenvalue weighted by atomic mass is 9.54. The van der Waals surface area contributed by atoms with Crippen LogP contribution in [0.3, 0.4) is 0 Å². The van der Waals surface area contributed by atoms with Gasteiger partial charge in [-0.15, -0.1) is 23.5 Å². The number of thioether (sulfide) groups is 2. The number of piperidine rings is 2. The highest BCUT2D eigenvalue weighted by molar-refractivity contribution is 8.08. The highest BCUT2D eigenvalue weighted by atomic mass is 32.2. The van der Waals surface area contributed by atoms with E-state index in [4.69, 9.17) is 29.4 Å². The van der Waals surface area contributed by atoms with E-state index in [1.807, 2.05) is 70.0 Å². The SMILES string of the molecule is CSC(C)(C(=O)N1CCCC1c1ncc(-c2ccc3cc(-c4ccc5nc(C6(C)CC7C6CCCN7C(=O)C(C(C)C)C(C)CC6CN(C(=O)OC(C)(C)C)C7SC7(c7nc8ccc(-c9ccc%10cc(-c%11cnc(C%12CCCN%12C(=O)OC(C)(C)C)[nH]%11)ccc%10c9)cc8[nH]7)C6)[nH]c5c4)ccc3c2)[nH]1)C(C)C. The Morgan fingerprint density at radius 2 is 1.05 bits per heavy atom. The molecule has 0 bridgehead atoms. The molecule has 11 unspecified atom stereocenters. The van der Waals surface area contributed by atoms with Crippen molar-refractivity contribution in [1.82, 2.24) is 59.5 Å². The third kappa shape index (κ3) is 13.0. The number of ether oxygens (including phenoxy) is 2. The van der Waals surface area contributed by atoms with Crippen LogP contribution in [0, 0.1) is 35.5 Å². The van der Waals surface area contributed by atoms with Crippen LogP contribution in [0.15, 0.2) is 122 Å². The van der Waals surface area contributed by atoms with Crippen molar-refractivity contribution in [2.45, 2.75) is 197 Å². The lowest BCUT2D eigenvalue weighted by molar-refractivity contribution is -0.153. The molecule has 16 rings (SSSR count). The van der Waals surface area contributed by atoms with Crippen molar-refractivity contribution < 1.29 is 28.7 Å². The van der Waals surface area contributed by atoms with Crippen LogP contribution in [0.25, 0.3) is 88.4 Å². The normalized spacial score (nSPS) is 24.4. The first-order chi connectivity index (χ1) is 50.5. The summed E-state index contributed by atoms with van der Waals surface area (Å²) in [6, 6.07) is 39.2. The van der Waals surface area contributed by atoms with Crippen molar-refractivity contribution in [1.29, 1.82) is 0 Å². The topological polar surface area (TPSA) is 214 Å². The van der Waals surface area contributed by atoms with E-state index in [9.17, 15) is 14.4 Å². The molecule has 10 aromatic rings. The molecule has 5 saturated heterocycles.